The van der Waals surface area contributed by atoms with Crippen LogP contribution in [0.25, 0.3) is 0 Å². The first-order valence-electron chi connectivity index (χ1n) is 4.59. The fourth-order valence-electron chi connectivity index (χ4n) is 1.26. The average Bonchev–Trinajstić information content (AvgIpc) is 2.65. The van der Waals surface area contributed by atoms with E-state index in [0.29, 0.717) is 0 Å². The van der Waals surface area contributed by atoms with Crippen LogP contribution in [0.15, 0.2) is 6.20 Å². The van der Waals surface area contributed by atoms with Crippen LogP contribution in [-0.2, 0) is 6.54 Å². The normalized spacial score (nSPS) is 18.9. The minimum absolute atomic E-state index is 0.111. The molecule has 2 rings (SSSR count). The second-order valence-corrected chi connectivity index (χ2v) is 5.13. The summed E-state index contributed by atoms with van der Waals surface area (Å²) in [6.07, 6.45) is 4.27. The summed E-state index contributed by atoms with van der Waals surface area (Å²) in [6, 6.07) is 0. The van der Waals surface area contributed by atoms with E-state index in [-0.39, 0.29) is 5.54 Å². The van der Waals surface area contributed by atoms with Gasteiger partial charge < -0.3 is 11.1 Å². The highest BCUT2D eigenvalue weighted by atomic mass is 32.1. The largest absolute Gasteiger partial charge is 0.324 e. The molecule has 0 spiro atoms. The maximum absolute atomic E-state index is 5.94. The van der Waals surface area contributed by atoms with Crippen LogP contribution in [0.4, 0.5) is 0 Å². The van der Waals surface area contributed by atoms with Crippen molar-refractivity contribution in [1.29, 1.82) is 0 Å². The molecule has 1 heterocycles. The molecule has 0 amide bonds. The summed E-state index contributed by atoms with van der Waals surface area (Å²) in [5.74, 6) is 0. The van der Waals surface area contributed by atoms with Crippen LogP contribution in [0.3, 0.4) is 0 Å². The van der Waals surface area contributed by atoms with E-state index in [4.69, 9.17) is 5.73 Å². The van der Waals surface area contributed by atoms with Gasteiger partial charge in [-0.1, -0.05) is 0 Å². The zero-order valence-corrected chi connectivity index (χ0v) is 8.66. The lowest BCUT2D eigenvalue weighted by molar-refractivity contribution is 0.571. The molecule has 1 aliphatic carbocycles. The van der Waals surface area contributed by atoms with Gasteiger partial charge in [0.15, 0.2) is 0 Å². The molecule has 0 atom stereocenters. The van der Waals surface area contributed by atoms with Crippen molar-refractivity contribution in [2.24, 2.45) is 5.73 Å². The van der Waals surface area contributed by atoms with Gasteiger partial charge in [0.1, 0.15) is 0 Å². The zero-order chi connectivity index (χ0) is 9.31. The van der Waals surface area contributed by atoms with Crippen molar-refractivity contribution >= 4 is 11.3 Å². The summed E-state index contributed by atoms with van der Waals surface area (Å²) in [7, 11) is 0. The summed E-state index contributed by atoms with van der Waals surface area (Å²) in [5.41, 5.74) is 6.05. The van der Waals surface area contributed by atoms with Gasteiger partial charge in [0.05, 0.1) is 5.01 Å². The number of nitrogens with two attached hydrogens (primary N) is 1. The van der Waals surface area contributed by atoms with Gasteiger partial charge in [-0.2, -0.15) is 0 Å². The van der Waals surface area contributed by atoms with Gasteiger partial charge in [-0.05, 0) is 19.8 Å². The number of thiazole rings is 1. The van der Waals surface area contributed by atoms with E-state index in [1.54, 1.807) is 11.3 Å². The molecule has 1 aromatic rings. The minimum Gasteiger partial charge on any atom is -0.324 e. The van der Waals surface area contributed by atoms with E-state index in [0.717, 1.165) is 18.1 Å². The Balaban J connectivity index is 1.73. The minimum atomic E-state index is 0.111. The predicted molar refractivity (Wildman–Crippen MR) is 54.7 cm³/mol. The fourth-order valence-corrected chi connectivity index (χ4v) is 2.02. The molecular weight excluding hydrogens is 182 g/mol. The predicted octanol–water partition coefficient (Wildman–Crippen LogP) is 1.03. The second kappa shape index (κ2) is 3.36. The monoisotopic (exact) mass is 197 g/mol. The van der Waals surface area contributed by atoms with Crippen molar-refractivity contribution in [3.63, 3.8) is 0 Å². The quantitative estimate of drug-likeness (QED) is 0.758. The Morgan fingerprint density at radius 1 is 1.69 bits per heavy atom. The van der Waals surface area contributed by atoms with Crippen LogP contribution >= 0.6 is 11.3 Å². The maximum Gasteiger partial charge on any atom is 0.0897 e. The summed E-state index contributed by atoms with van der Waals surface area (Å²) in [5, 5.41) is 4.49. The average molecular weight is 197 g/mol. The number of hydrogen-bond donors (Lipinski definition) is 2. The molecule has 0 saturated heterocycles. The Morgan fingerprint density at radius 3 is 3.00 bits per heavy atom. The smallest absolute Gasteiger partial charge is 0.0897 e. The van der Waals surface area contributed by atoms with Crippen molar-refractivity contribution in [3.05, 3.63) is 16.1 Å². The van der Waals surface area contributed by atoms with Gasteiger partial charge in [0.25, 0.3) is 0 Å². The number of rotatable bonds is 4. The van der Waals surface area contributed by atoms with Crippen molar-refractivity contribution in [2.45, 2.75) is 31.8 Å². The van der Waals surface area contributed by atoms with Gasteiger partial charge in [-0.25, -0.2) is 4.98 Å². The molecular formula is C9H15N3S. The molecule has 3 N–H and O–H groups in total. The molecule has 1 fully saturated rings. The lowest BCUT2D eigenvalue weighted by atomic mass is 10.3. The van der Waals surface area contributed by atoms with Crippen LogP contribution in [-0.4, -0.2) is 17.1 Å². The van der Waals surface area contributed by atoms with Gasteiger partial charge in [0, 0.05) is 29.7 Å². The molecule has 0 aliphatic heterocycles. The third-order valence-corrected chi connectivity index (χ3v) is 3.25. The first-order chi connectivity index (χ1) is 6.18. The summed E-state index contributed by atoms with van der Waals surface area (Å²) < 4.78 is 0. The molecule has 0 aromatic carbocycles. The first kappa shape index (κ1) is 9.12. The zero-order valence-electron chi connectivity index (χ0n) is 7.84. The summed E-state index contributed by atoms with van der Waals surface area (Å²) in [4.78, 5) is 5.49. The van der Waals surface area contributed by atoms with Crippen molar-refractivity contribution in [1.82, 2.24) is 10.3 Å². The molecule has 0 radical (unpaired) electrons. The Morgan fingerprint density at radius 2 is 2.46 bits per heavy atom. The number of nitrogens with zero attached hydrogens (tertiary/aromatic N) is 1. The lowest BCUT2D eigenvalue weighted by Crippen LogP contribution is -2.35. The van der Waals surface area contributed by atoms with Crippen LogP contribution < -0.4 is 11.1 Å². The van der Waals surface area contributed by atoms with E-state index in [2.05, 4.69) is 10.3 Å². The Bertz CT molecular complexity index is 291. The van der Waals surface area contributed by atoms with Gasteiger partial charge in [0.2, 0.25) is 0 Å². The third kappa shape index (κ3) is 2.49. The van der Waals surface area contributed by atoms with E-state index in [1.807, 2.05) is 13.1 Å². The standard InChI is InChI=1S/C9H15N3S/c1-7-12-5-8(13-7)4-11-6-9(10)2-3-9/h5,11H,2-4,6,10H2,1H3. The molecule has 1 aliphatic rings. The Labute approximate surface area is 82.4 Å². The van der Waals surface area contributed by atoms with Crippen LogP contribution in [0, 0.1) is 6.92 Å². The van der Waals surface area contributed by atoms with Gasteiger partial charge >= 0.3 is 0 Å². The van der Waals surface area contributed by atoms with E-state index in [1.165, 1.54) is 17.7 Å². The van der Waals surface area contributed by atoms with Crippen LogP contribution in [0.1, 0.15) is 22.7 Å². The third-order valence-electron chi connectivity index (χ3n) is 2.34. The molecule has 1 saturated carbocycles. The Hall–Kier alpha value is -0.450. The molecule has 13 heavy (non-hydrogen) atoms. The van der Waals surface area contributed by atoms with Crippen molar-refractivity contribution in [3.8, 4) is 0 Å². The molecule has 72 valence electrons. The van der Waals surface area contributed by atoms with Crippen LogP contribution in [0.5, 0.6) is 0 Å². The van der Waals surface area contributed by atoms with Gasteiger partial charge in [-0.3, -0.25) is 0 Å². The number of hydrogen-bond acceptors (Lipinski definition) is 4. The SMILES string of the molecule is Cc1ncc(CNCC2(N)CC2)s1. The number of nitrogens with one attached hydrogen (secondary N) is 1. The molecule has 0 unspecified atom stereocenters. The molecule has 1 aromatic heterocycles. The van der Waals surface area contributed by atoms with E-state index < -0.39 is 0 Å². The van der Waals surface area contributed by atoms with E-state index in [9.17, 15) is 0 Å². The van der Waals surface area contributed by atoms with Crippen molar-refractivity contribution in [2.75, 3.05) is 6.54 Å². The maximum atomic E-state index is 5.94. The first-order valence-corrected chi connectivity index (χ1v) is 5.41. The number of aryl methyl sites for hydroxylation is 1. The topological polar surface area (TPSA) is 50.9 Å². The fraction of sp³-hybridized carbons (Fsp3) is 0.667. The molecule has 0 bridgehead atoms. The Kier molecular flexibility index (Phi) is 2.36. The lowest BCUT2D eigenvalue weighted by Gasteiger charge is -2.08. The summed E-state index contributed by atoms with van der Waals surface area (Å²) in [6.45, 7) is 3.87. The summed E-state index contributed by atoms with van der Waals surface area (Å²) >= 11 is 1.74. The number of aromatic nitrogens is 1. The van der Waals surface area contributed by atoms with Crippen molar-refractivity contribution < 1.29 is 0 Å². The van der Waals surface area contributed by atoms with Crippen LogP contribution in [0.2, 0.25) is 0 Å². The highest BCUT2D eigenvalue weighted by molar-refractivity contribution is 7.11. The van der Waals surface area contributed by atoms with Gasteiger partial charge in [-0.15, -0.1) is 11.3 Å². The highest BCUT2D eigenvalue weighted by Gasteiger charge is 2.37. The second-order valence-electron chi connectivity index (χ2n) is 3.81. The highest BCUT2D eigenvalue weighted by Crippen LogP contribution is 2.31. The molecule has 4 heteroatoms. The van der Waals surface area contributed by atoms with E-state index >= 15 is 0 Å². The molecule has 3 nitrogen and oxygen atoms in total.